The monoisotopic (exact) mass is 442 g/mol. The van der Waals surface area contributed by atoms with Crippen LogP contribution in [0.3, 0.4) is 0 Å². The van der Waals surface area contributed by atoms with Gasteiger partial charge in [-0.25, -0.2) is 9.78 Å². The lowest BCUT2D eigenvalue weighted by Gasteiger charge is -2.20. The quantitative estimate of drug-likeness (QED) is 0.483. The second kappa shape index (κ2) is 9.94. The average Bonchev–Trinajstić information content (AvgIpc) is 3.25. The van der Waals surface area contributed by atoms with Gasteiger partial charge in [-0.3, -0.25) is 9.69 Å². The summed E-state index contributed by atoms with van der Waals surface area (Å²) in [7, 11) is 4.53. The molecule has 1 heterocycles. The summed E-state index contributed by atoms with van der Waals surface area (Å²) in [6, 6.07) is 12.0. The Hall–Kier alpha value is -3.59. The van der Waals surface area contributed by atoms with Crippen molar-refractivity contribution in [1.29, 1.82) is 0 Å². The topological polar surface area (TPSA) is 87.2 Å². The largest absolute Gasteiger partial charge is 0.497 e. The molecule has 0 aliphatic heterocycles. The molecule has 162 valence electrons. The van der Waals surface area contributed by atoms with E-state index < -0.39 is 5.97 Å². The van der Waals surface area contributed by atoms with Gasteiger partial charge in [-0.05, 0) is 24.3 Å². The molecule has 9 heteroatoms. The van der Waals surface area contributed by atoms with Crippen LogP contribution in [0.4, 0.5) is 10.8 Å². The highest BCUT2D eigenvalue weighted by molar-refractivity contribution is 7.14. The molecule has 1 amide bonds. The van der Waals surface area contributed by atoms with Crippen LogP contribution in [0.5, 0.6) is 17.2 Å². The van der Waals surface area contributed by atoms with Gasteiger partial charge >= 0.3 is 5.97 Å². The fourth-order valence-electron chi connectivity index (χ4n) is 2.87. The molecule has 3 rings (SSSR count). The molecular weight excluding hydrogens is 420 g/mol. The first kappa shape index (κ1) is 22.1. The highest BCUT2D eigenvalue weighted by Crippen LogP contribution is 2.35. The van der Waals surface area contributed by atoms with Crippen LogP contribution in [0.25, 0.3) is 0 Å². The molecule has 2 aromatic carbocycles. The summed E-state index contributed by atoms with van der Waals surface area (Å²) in [5.74, 6) is 0.695. The van der Waals surface area contributed by atoms with Crippen molar-refractivity contribution in [2.45, 2.75) is 13.5 Å². The summed E-state index contributed by atoms with van der Waals surface area (Å²) in [4.78, 5) is 30.7. The number of ether oxygens (including phenoxy) is 4. The number of hydrogen-bond donors (Lipinski definition) is 0. The summed E-state index contributed by atoms with van der Waals surface area (Å²) >= 11 is 1.27. The Morgan fingerprint density at radius 2 is 1.74 bits per heavy atom. The van der Waals surface area contributed by atoms with E-state index in [1.807, 2.05) is 12.1 Å². The van der Waals surface area contributed by atoms with Crippen LogP contribution in [-0.2, 0) is 16.1 Å². The van der Waals surface area contributed by atoms with Gasteiger partial charge in [0.2, 0.25) is 5.91 Å². The Balaban J connectivity index is 1.76. The van der Waals surface area contributed by atoms with Crippen LogP contribution in [-0.4, -0.2) is 38.2 Å². The smallest absolute Gasteiger partial charge is 0.342 e. The number of benzene rings is 2. The van der Waals surface area contributed by atoms with Crippen LogP contribution in [0, 0.1) is 0 Å². The predicted octanol–water partition coefficient (Wildman–Crippen LogP) is 4.21. The lowest BCUT2D eigenvalue weighted by atomic mass is 10.2. The third-order valence-electron chi connectivity index (χ3n) is 4.35. The number of anilines is 2. The Kier molecular flexibility index (Phi) is 7.09. The first-order chi connectivity index (χ1) is 15.0. The van der Waals surface area contributed by atoms with Gasteiger partial charge in [0.1, 0.15) is 29.4 Å². The van der Waals surface area contributed by atoms with Gasteiger partial charge in [-0.2, -0.15) is 0 Å². The fourth-order valence-corrected chi connectivity index (χ4v) is 3.74. The van der Waals surface area contributed by atoms with Crippen LogP contribution in [0.15, 0.2) is 47.8 Å². The van der Waals surface area contributed by atoms with Crippen molar-refractivity contribution in [3.63, 3.8) is 0 Å². The summed E-state index contributed by atoms with van der Waals surface area (Å²) in [5.41, 5.74) is 1.37. The number of carbonyl (C=O) groups excluding carboxylic acids is 2. The van der Waals surface area contributed by atoms with E-state index in [4.69, 9.17) is 18.9 Å². The maximum absolute atomic E-state index is 12.5. The van der Waals surface area contributed by atoms with Crippen molar-refractivity contribution in [1.82, 2.24) is 4.98 Å². The molecule has 0 fully saturated rings. The molecule has 0 atom stereocenters. The molecule has 0 saturated carbocycles. The number of nitrogens with zero attached hydrogens (tertiary/aromatic N) is 2. The van der Waals surface area contributed by atoms with Crippen molar-refractivity contribution in [2.75, 3.05) is 26.2 Å². The summed E-state index contributed by atoms with van der Waals surface area (Å²) in [5, 5.41) is 2.18. The van der Waals surface area contributed by atoms with Crippen molar-refractivity contribution < 1.29 is 28.5 Å². The van der Waals surface area contributed by atoms with Crippen molar-refractivity contribution in [3.8, 4) is 17.2 Å². The molecular formula is C22H22N2O6S. The highest BCUT2D eigenvalue weighted by Gasteiger charge is 2.22. The van der Waals surface area contributed by atoms with Crippen molar-refractivity contribution in [2.24, 2.45) is 0 Å². The SMILES string of the molecule is COc1ccc(C(=O)OCc2csc(N(C(C)=O)c3ccccc3OC)n2)c(OC)c1. The Morgan fingerprint density at radius 1 is 1.00 bits per heavy atom. The average molecular weight is 442 g/mol. The number of carbonyl (C=O) groups is 2. The van der Waals surface area contributed by atoms with Crippen LogP contribution in [0.2, 0.25) is 0 Å². The number of thiazole rings is 1. The van der Waals surface area contributed by atoms with Gasteiger partial charge in [-0.1, -0.05) is 12.1 Å². The van der Waals surface area contributed by atoms with Gasteiger partial charge in [0.25, 0.3) is 0 Å². The molecule has 0 aliphatic rings. The summed E-state index contributed by atoms with van der Waals surface area (Å²) in [6.45, 7) is 1.39. The maximum Gasteiger partial charge on any atom is 0.342 e. The lowest BCUT2D eigenvalue weighted by molar-refractivity contribution is -0.115. The van der Waals surface area contributed by atoms with E-state index in [0.717, 1.165) is 0 Å². The predicted molar refractivity (Wildman–Crippen MR) is 117 cm³/mol. The third kappa shape index (κ3) is 4.95. The zero-order chi connectivity index (χ0) is 22.4. The lowest BCUT2D eigenvalue weighted by Crippen LogP contribution is -2.23. The number of rotatable bonds is 8. The Bertz CT molecular complexity index is 1080. The first-order valence-corrected chi connectivity index (χ1v) is 10.1. The molecule has 31 heavy (non-hydrogen) atoms. The number of esters is 1. The van der Waals surface area contributed by atoms with Gasteiger partial charge in [0.05, 0.1) is 32.7 Å². The normalized spacial score (nSPS) is 10.3. The second-order valence-electron chi connectivity index (χ2n) is 6.29. The molecule has 0 bridgehead atoms. The second-order valence-corrected chi connectivity index (χ2v) is 7.13. The number of methoxy groups -OCH3 is 3. The molecule has 1 aromatic heterocycles. The zero-order valence-corrected chi connectivity index (χ0v) is 18.4. The van der Waals surface area contributed by atoms with E-state index in [1.165, 1.54) is 44.5 Å². The van der Waals surface area contributed by atoms with E-state index in [1.54, 1.807) is 35.7 Å². The van der Waals surface area contributed by atoms with E-state index in [-0.39, 0.29) is 18.1 Å². The van der Waals surface area contributed by atoms with Gasteiger partial charge in [0.15, 0.2) is 5.13 Å². The zero-order valence-electron chi connectivity index (χ0n) is 17.6. The van der Waals surface area contributed by atoms with Gasteiger partial charge < -0.3 is 18.9 Å². The van der Waals surface area contributed by atoms with Gasteiger partial charge in [-0.15, -0.1) is 11.3 Å². The van der Waals surface area contributed by atoms with Crippen LogP contribution in [0.1, 0.15) is 23.0 Å². The third-order valence-corrected chi connectivity index (χ3v) is 5.23. The maximum atomic E-state index is 12.5. The van der Waals surface area contributed by atoms with E-state index in [0.29, 0.717) is 33.8 Å². The molecule has 0 N–H and O–H groups in total. The van der Waals surface area contributed by atoms with E-state index >= 15 is 0 Å². The van der Waals surface area contributed by atoms with Crippen molar-refractivity contribution >= 4 is 34.0 Å². The van der Waals surface area contributed by atoms with Crippen LogP contribution >= 0.6 is 11.3 Å². The minimum absolute atomic E-state index is 0.0534. The number of para-hydroxylation sites is 2. The van der Waals surface area contributed by atoms with Gasteiger partial charge in [0, 0.05) is 18.4 Å². The fraction of sp³-hybridized carbons (Fsp3) is 0.227. The summed E-state index contributed by atoms with van der Waals surface area (Å²) < 4.78 is 21.1. The van der Waals surface area contributed by atoms with Crippen LogP contribution < -0.4 is 19.1 Å². The molecule has 0 radical (unpaired) electrons. The minimum atomic E-state index is -0.554. The molecule has 0 unspecified atom stereocenters. The number of amides is 1. The molecule has 3 aromatic rings. The number of hydrogen-bond acceptors (Lipinski definition) is 8. The molecule has 0 aliphatic carbocycles. The number of aromatic nitrogens is 1. The molecule has 0 spiro atoms. The molecule has 8 nitrogen and oxygen atoms in total. The van der Waals surface area contributed by atoms with E-state index in [9.17, 15) is 9.59 Å². The molecule has 0 saturated heterocycles. The first-order valence-electron chi connectivity index (χ1n) is 9.25. The minimum Gasteiger partial charge on any atom is -0.497 e. The summed E-state index contributed by atoms with van der Waals surface area (Å²) in [6.07, 6.45) is 0. The van der Waals surface area contributed by atoms with Crippen molar-refractivity contribution in [3.05, 3.63) is 59.1 Å². The van der Waals surface area contributed by atoms with E-state index in [2.05, 4.69) is 4.98 Å². The Labute approximate surface area is 183 Å². The Morgan fingerprint density at radius 3 is 2.42 bits per heavy atom. The standard InChI is InChI=1S/C22H22N2O6S/c1-14(25)24(18-7-5-6-8-19(18)28-3)22-23-15(13-31-22)12-30-21(26)17-10-9-16(27-2)11-20(17)29-4/h5-11,13H,12H2,1-4H3. The highest BCUT2D eigenvalue weighted by atomic mass is 32.1.